The van der Waals surface area contributed by atoms with Gasteiger partial charge in [0.1, 0.15) is 22.2 Å². The lowest BCUT2D eigenvalue weighted by atomic mass is 10.3. The summed E-state index contributed by atoms with van der Waals surface area (Å²) in [6, 6.07) is 26.5. The Bertz CT molecular complexity index is 2140. The number of benzene rings is 4. The van der Waals surface area contributed by atoms with E-state index in [9.17, 15) is 30.5 Å². The number of nitro benzene ring substituents is 1. The summed E-state index contributed by atoms with van der Waals surface area (Å²) in [5.74, 6) is -0.0105. The average Bonchev–Trinajstić information content (AvgIpc) is 3.02. The van der Waals surface area contributed by atoms with Crippen molar-refractivity contribution in [2.75, 3.05) is 11.5 Å². The summed E-state index contributed by atoms with van der Waals surface area (Å²) in [5, 5.41) is 52.1. The highest BCUT2D eigenvalue weighted by molar-refractivity contribution is 6.28. The lowest BCUT2D eigenvalue weighted by Crippen LogP contribution is -2.39. The molecule has 0 unspecified atom stereocenters. The Morgan fingerprint density at radius 1 is 0.674 bits per heavy atom. The minimum Gasteiger partial charge on any atom is -0.595 e. The van der Waals surface area contributed by atoms with Crippen LogP contribution in [0.3, 0.4) is 0 Å². The zero-order valence-corrected chi connectivity index (χ0v) is 24.0. The normalized spacial score (nSPS) is 10.1. The first-order valence-corrected chi connectivity index (χ1v) is 13.1. The predicted molar refractivity (Wildman–Crippen MR) is 165 cm³/mol. The molecule has 0 aliphatic heterocycles. The maximum Gasteiger partial charge on any atom is 0.395 e. The summed E-state index contributed by atoms with van der Waals surface area (Å²) in [7, 11) is 0. The van der Waals surface area contributed by atoms with E-state index in [1.165, 1.54) is 12.1 Å². The second-order valence-corrected chi connectivity index (χ2v) is 9.04. The molecule has 7 aromatic rings. The molecule has 7 rings (SSSR count). The van der Waals surface area contributed by atoms with E-state index in [1.807, 2.05) is 5.10 Å². The summed E-state index contributed by atoms with van der Waals surface area (Å²) in [6.45, 7) is 0. The molecule has 3 heterocycles. The highest BCUT2D eigenvalue weighted by atomic mass is 35.5. The van der Waals surface area contributed by atoms with Crippen LogP contribution in [-0.2, 0) is 0 Å². The molecule has 3 aromatic heterocycles. The molecule has 0 amide bonds. The van der Waals surface area contributed by atoms with Crippen LogP contribution in [0.4, 0.5) is 17.3 Å². The molecule has 18 nitrogen and oxygen atoms in total. The number of aromatic nitrogens is 9. The van der Waals surface area contributed by atoms with Crippen LogP contribution in [0.1, 0.15) is 0 Å². The second-order valence-electron chi connectivity index (χ2n) is 8.70. The number of rotatable bonds is 1. The zero-order valence-electron chi connectivity index (χ0n) is 23.2. The molecule has 232 valence electrons. The van der Waals surface area contributed by atoms with Crippen LogP contribution >= 0.6 is 11.6 Å². The maximum absolute atomic E-state index is 11.1. The van der Waals surface area contributed by atoms with Gasteiger partial charge in [-0.3, -0.25) is 10.1 Å². The van der Waals surface area contributed by atoms with Crippen molar-refractivity contribution < 1.29 is 19.5 Å². The summed E-state index contributed by atoms with van der Waals surface area (Å²) >= 11 is 5.48. The first-order valence-electron chi connectivity index (χ1n) is 12.7. The SMILES string of the molecule is Nc1ccccc1[N+](=O)[O-].Nc1nc2ccccc2[n+]([O-])n1.O=c1nc2ccccc2[n+]([O-])[nH]1.[O-][n+]1nc(Cl)nc2ccccc21. The van der Waals surface area contributed by atoms with E-state index in [0.717, 1.165) is 0 Å². The molecule has 0 radical (unpaired) electrons. The van der Waals surface area contributed by atoms with Crippen LogP contribution in [-0.4, -0.2) is 35.2 Å². The highest BCUT2D eigenvalue weighted by Crippen LogP contribution is 2.18. The van der Waals surface area contributed by atoms with Crippen LogP contribution < -0.4 is 31.7 Å². The van der Waals surface area contributed by atoms with Gasteiger partial charge in [-0.15, -0.1) is 0 Å². The standard InChI is InChI=1S/C7H4ClN3O.C7H6N4O.C7H5N3O2.C6H6N2O2/c2*8-7-9-5-3-1-2-4-6(5)11(12)10-7;11-7-8-5-3-1-2-4-6(5)10(12)9-7;7-5-3-1-2-4-6(5)8(9)10/h1-4H;1-4H,(H2,8,9,10);1-4H,(H,8,9,11);1-4H,7H2. The first kappa shape index (κ1) is 32.1. The number of nitrogen functional groups attached to an aromatic ring is 2. The minimum atomic E-state index is -0.635. The number of halogens is 1. The fourth-order valence-corrected chi connectivity index (χ4v) is 3.81. The molecule has 0 bridgehead atoms. The molecule has 0 saturated heterocycles. The van der Waals surface area contributed by atoms with Crippen LogP contribution in [0.15, 0.2) is 102 Å². The van der Waals surface area contributed by atoms with E-state index in [-0.39, 0.29) is 22.6 Å². The van der Waals surface area contributed by atoms with Gasteiger partial charge in [0.25, 0.3) is 33.5 Å². The average molecular weight is 645 g/mol. The van der Waals surface area contributed by atoms with Gasteiger partial charge < -0.3 is 27.1 Å². The number of nitrogens with two attached hydrogens (primary N) is 2. The van der Waals surface area contributed by atoms with Gasteiger partial charge in [0.2, 0.25) is 0 Å². The monoisotopic (exact) mass is 644 g/mol. The number of anilines is 2. The lowest BCUT2D eigenvalue weighted by Gasteiger charge is -1.97. The van der Waals surface area contributed by atoms with Crippen molar-refractivity contribution in [3.05, 3.63) is 139 Å². The molecule has 46 heavy (non-hydrogen) atoms. The fourth-order valence-electron chi connectivity index (χ4n) is 3.65. The van der Waals surface area contributed by atoms with E-state index < -0.39 is 10.6 Å². The summed E-state index contributed by atoms with van der Waals surface area (Å²) < 4.78 is 0. The molecule has 19 heteroatoms. The lowest BCUT2D eigenvalue weighted by molar-refractivity contribution is -0.644. The molecule has 4 aromatic carbocycles. The van der Waals surface area contributed by atoms with E-state index in [1.54, 1.807) is 84.9 Å². The Morgan fingerprint density at radius 3 is 1.72 bits per heavy atom. The number of hydrogen-bond donors (Lipinski definition) is 3. The number of H-pyrrole nitrogens is 1. The summed E-state index contributed by atoms with van der Waals surface area (Å²) in [6.07, 6.45) is 0. The fraction of sp³-hybridized carbons (Fsp3) is 0. The Labute approximate surface area is 261 Å². The van der Waals surface area contributed by atoms with Crippen LogP contribution in [0.25, 0.3) is 33.1 Å². The third-order valence-corrected chi connectivity index (χ3v) is 5.80. The van der Waals surface area contributed by atoms with Crippen molar-refractivity contribution in [1.82, 2.24) is 30.2 Å². The maximum atomic E-state index is 11.1. The van der Waals surface area contributed by atoms with Crippen LogP contribution in [0.5, 0.6) is 0 Å². The van der Waals surface area contributed by atoms with E-state index in [2.05, 4.69) is 25.1 Å². The Balaban J connectivity index is 0.000000140. The van der Waals surface area contributed by atoms with Crippen molar-refractivity contribution in [3.63, 3.8) is 0 Å². The Hall–Kier alpha value is -6.82. The Kier molecular flexibility index (Phi) is 10.2. The van der Waals surface area contributed by atoms with E-state index in [4.69, 9.17) is 23.1 Å². The third-order valence-electron chi connectivity index (χ3n) is 5.64. The second kappa shape index (κ2) is 14.6. The third kappa shape index (κ3) is 8.17. The summed E-state index contributed by atoms with van der Waals surface area (Å²) in [5.41, 5.74) is 12.8. The molecule has 0 aliphatic rings. The molecule has 5 N–H and O–H groups in total. The Morgan fingerprint density at radius 2 is 1.15 bits per heavy atom. The van der Waals surface area contributed by atoms with Gasteiger partial charge in [0, 0.05) is 29.4 Å². The van der Waals surface area contributed by atoms with Gasteiger partial charge in [0.05, 0.1) is 10.0 Å². The van der Waals surface area contributed by atoms with Gasteiger partial charge in [-0.1, -0.05) is 58.5 Å². The van der Waals surface area contributed by atoms with Gasteiger partial charge in [-0.05, 0) is 45.6 Å². The molecule has 0 aliphatic carbocycles. The molecular weight excluding hydrogens is 624 g/mol. The predicted octanol–water partition coefficient (Wildman–Crippen LogP) is 1.50. The van der Waals surface area contributed by atoms with Crippen LogP contribution in [0.2, 0.25) is 5.28 Å². The smallest absolute Gasteiger partial charge is 0.395 e. The number of hydrogen-bond acceptors (Lipinski definition) is 13. The van der Waals surface area contributed by atoms with Crippen LogP contribution in [0, 0.1) is 25.7 Å². The van der Waals surface area contributed by atoms with Gasteiger partial charge in [-0.2, -0.15) is 4.98 Å². The van der Waals surface area contributed by atoms with Gasteiger partial charge in [-0.25, -0.2) is 14.8 Å². The highest BCUT2D eigenvalue weighted by Gasteiger charge is 2.09. The number of nitrogens with one attached hydrogen (secondary N) is 1. The molecular formula is C27H21ClN12O6. The number of nitrogens with zero attached hydrogens (tertiary/aromatic N) is 9. The van der Waals surface area contributed by atoms with Gasteiger partial charge >= 0.3 is 5.69 Å². The number of fused-ring (bicyclic) bond motifs is 3. The summed E-state index contributed by atoms with van der Waals surface area (Å²) in [4.78, 5) is 33.1. The van der Waals surface area contributed by atoms with Crippen molar-refractivity contribution in [2.24, 2.45) is 0 Å². The van der Waals surface area contributed by atoms with Gasteiger partial charge in [0.15, 0.2) is 0 Å². The number of para-hydroxylation sites is 8. The van der Waals surface area contributed by atoms with E-state index in [0.29, 0.717) is 47.6 Å². The number of aromatic amines is 1. The molecule has 0 atom stereocenters. The number of nitro groups is 1. The quantitative estimate of drug-likeness (QED) is 0.0752. The molecule has 0 fully saturated rings. The van der Waals surface area contributed by atoms with Crippen molar-refractivity contribution >= 4 is 62.0 Å². The largest absolute Gasteiger partial charge is 0.595 e. The minimum absolute atomic E-state index is 0.0105. The van der Waals surface area contributed by atoms with Crippen molar-refractivity contribution in [3.8, 4) is 0 Å². The van der Waals surface area contributed by atoms with Crippen molar-refractivity contribution in [2.45, 2.75) is 0 Å². The first-order chi connectivity index (χ1) is 22.0. The molecule has 0 saturated carbocycles. The topological polar surface area (TPSA) is 273 Å². The van der Waals surface area contributed by atoms with E-state index >= 15 is 0 Å². The van der Waals surface area contributed by atoms with Crippen molar-refractivity contribution in [1.29, 1.82) is 0 Å². The zero-order chi connectivity index (χ0) is 33.2. The molecule has 0 spiro atoms.